The van der Waals surface area contributed by atoms with Crippen molar-refractivity contribution >= 4 is 6.08 Å². The molecule has 0 radical (unpaired) electrons. The van der Waals surface area contributed by atoms with Gasteiger partial charge in [-0.15, -0.1) is 0 Å². The summed E-state index contributed by atoms with van der Waals surface area (Å²) >= 11 is 0. The maximum atomic E-state index is 5.46. The lowest BCUT2D eigenvalue weighted by molar-refractivity contribution is 0.184. The Labute approximate surface area is 102 Å². The normalized spacial score (nSPS) is 10.8. The molecule has 0 aliphatic heterocycles. The van der Waals surface area contributed by atoms with Crippen molar-refractivity contribution in [1.82, 2.24) is 0 Å². The minimum absolute atomic E-state index is 0.488. The first-order valence-corrected chi connectivity index (χ1v) is 5.37. The number of benzene rings is 1. The lowest BCUT2D eigenvalue weighted by Gasteiger charge is -2.13. The van der Waals surface area contributed by atoms with Gasteiger partial charge in [0.1, 0.15) is 11.5 Å². The van der Waals surface area contributed by atoms with Gasteiger partial charge in [-0.25, -0.2) is 0 Å². The Morgan fingerprint density at radius 1 is 1.18 bits per heavy atom. The summed E-state index contributed by atoms with van der Waals surface area (Å²) in [5, 5.41) is 0. The summed E-state index contributed by atoms with van der Waals surface area (Å²) in [5.41, 5.74) is 7.44. The first-order valence-electron chi connectivity index (χ1n) is 5.37. The highest BCUT2D eigenvalue weighted by atomic mass is 16.5. The molecule has 0 saturated heterocycles. The fourth-order valence-electron chi connectivity index (χ4n) is 1.59. The highest BCUT2D eigenvalue weighted by molar-refractivity contribution is 5.63. The minimum atomic E-state index is 0.488. The van der Waals surface area contributed by atoms with Crippen molar-refractivity contribution in [2.24, 2.45) is 5.73 Å². The van der Waals surface area contributed by atoms with Crippen molar-refractivity contribution in [3.05, 3.63) is 29.3 Å². The second-order valence-corrected chi connectivity index (χ2v) is 3.47. The van der Waals surface area contributed by atoms with Crippen molar-refractivity contribution in [3.63, 3.8) is 0 Å². The third-order valence-corrected chi connectivity index (χ3v) is 2.38. The van der Waals surface area contributed by atoms with Crippen molar-refractivity contribution in [2.75, 3.05) is 27.9 Å². The Kier molecular flexibility index (Phi) is 5.52. The fraction of sp³-hybridized carbons (Fsp3) is 0.385. The van der Waals surface area contributed by atoms with E-state index in [-0.39, 0.29) is 0 Å². The zero-order valence-electron chi connectivity index (χ0n) is 10.5. The van der Waals surface area contributed by atoms with Crippen LogP contribution in [0.1, 0.15) is 11.1 Å². The molecule has 0 spiro atoms. The van der Waals surface area contributed by atoms with E-state index in [2.05, 4.69) is 0 Å². The van der Waals surface area contributed by atoms with E-state index in [1.165, 1.54) is 0 Å². The maximum absolute atomic E-state index is 5.46. The molecule has 0 unspecified atom stereocenters. The largest absolute Gasteiger partial charge is 0.497 e. The van der Waals surface area contributed by atoms with Crippen LogP contribution in [0.2, 0.25) is 0 Å². The van der Waals surface area contributed by atoms with Crippen LogP contribution in [0, 0.1) is 0 Å². The fourth-order valence-corrected chi connectivity index (χ4v) is 1.59. The van der Waals surface area contributed by atoms with Crippen LogP contribution < -0.4 is 15.2 Å². The molecule has 0 fully saturated rings. The van der Waals surface area contributed by atoms with E-state index in [1.54, 1.807) is 21.3 Å². The molecule has 0 amide bonds. The predicted molar refractivity (Wildman–Crippen MR) is 68.3 cm³/mol. The monoisotopic (exact) mass is 237 g/mol. The average molecular weight is 237 g/mol. The van der Waals surface area contributed by atoms with E-state index in [9.17, 15) is 0 Å². The smallest absolute Gasteiger partial charge is 0.130 e. The lowest BCUT2D eigenvalue weighted by atomic mass is 10.1. The van der Waals surface area contributed by atoms with Crippen molar-refractivity contribution in [1.29, 1.82) is 0 Å². The topological polar surface area (TPSA) is 53.7 Å². The molecular formula is C13H19NO3. The van der Waals surface area contributed by atoms with Crippen LogP contribution in [0.3, 0.4) is 0 Å². The van der Waals surface area contributed by atoms with E-state index < -0.39 is 0 Å². The number of hydrogen-bond acceptors (Lipinski definition) is 4. The molecule has 2 N–H and O–H groups in total. The van der Waals surface area contributed by atoms with Crippen LogP contribution in [0.15, 0.2) is 18.2 Å². The molecule has 1 aromatic carbocycles. The molecule has 0 saturated carbocycles. The number of nitrogens with two attached hydrogens (primary N) is 1. The zero-order chi connectivity index (χ0) is 12.7. The number of hydrogen-bond donors (Lipinski definition) is 1. The highest BCUT2D eigenvalue weighted by Gasteiger charge is 2.09. The van der Waals surface area contributed by atoms with Gasteiger partial charge in [-0.05, 0) is 11.6 Å². The Morgan fingerprint density at radius 3 is 2.47 bits per heavy atom. The second kappa shape index (κ2) is 6.93. The molecule has 0 heterocycles. The van der Waals surface area contributed by atoms with Crippen LogP contribution in [0.4, 0.5) is 0 Å². The minimum Gasteiger partial charge on any atom is -0.497 e. The first kappa shape index (κ1) is 13.5. The van der Waals surface area contributed by atoms with Gasteiger partial charge in [-0.3, -0.25) is 0 Å². The Balaban J connectivity index is 3.24. The van der Waals surface area contributed by atoms with Gasteiger partial charge in [0, 0.05) is 25.3 Å². The standard InChI is InChI=1S/C13H19NO3/c1-15-9-10-7-11(16-2)8-13(17-3)12(10)5-4-6-14/h4-5,7-8H,6,9,14H2,1-3H3/b5-4+. The van der Waals surface area contributed by atoms with E-state index in [1.807, 2.05) is 24.3 Å². The molecule has 1 aromatic rings. The molecule has 0 aromatic heterocycles. The summed E-state index contributed by atoms with van der Waals surface area (Å²) in [5.74, 6) is 1.50. The van der Waals surface area contributed by atoms with Gasteiger partial charge in [0.25, 0.3) is 0 Å². The van der Waals surface area contributed by atoms with Gasteiger partial charge in [0.05, 0.1) is 20.8 Å². The summed E-state index contributed by atoms with van der Waals surface area (Å²) in [6.45, 7) is 0.986. The number of rotatable bonds is 6. The van der Waals surface area contributed by atoms with E-state index in [4.69, 9.17) is 19.9 Å². The van der Waals surface area contributed by atoms with Crippen molar-refractivity contribution in [2.45, 2.75) is 6.61 Å². The first-order chi connectivity index (χ1) is 8.26. The van der Waals surface area contributed by atoms with Crippen LogP contribution >= 0.6 is 0 Å². The van der Waals surface area contributed by atoms with Gasteiger partial charge in [-0.1, -0.05) is 12.2 Å². The molecule has 0 bridgehead atoms. The van der Waals surface area contributed by atoms with Crippen LogP contribution in [0.5, 0.6) is 11.5 Å². The Bertz CT molecular complexity index is 388. The number of methoxy groups -OCH3 is 3. The van der Waals surface area contributed by atoms with Gasteiger partial charge in [0.2, 0.25) is 0 Å². The lowest BCUT2D eigenvalue weighted by Crippen LogP contribution is -1.99. The van der Waals surface area contributed by atoms with Gasteiger partial charge in [-0.2, -0.15) is 0 Å². The van der Waals surface area contributed by atoms with E-state index >= 15 is 0 Å². The average Bonchev–Trinajstić information content (AvgIpc) is 2.36. The summed E-state index contributed by atoms with van der Waals surface area (Å²) < 4.78 is 15.7. The van der Waals surface area contributed by atoms with Crippen LogP contribution in [-0.4, -0.2) is 27.9 Å². The summed E-state index contributed by atoms with van der Waals surface area (Å²) in [7, 11) is 4.91. The third-order valence-electron chi connectivity index (χ3n) is 2.38. The molecule has 17 heavy (non-hydrogen) atoms. The summed E-state index contributed by atoms with van der Waals surface area (Å²) in [6.07, 6.45) is 3.82. The van der Waals surface area contributed by atoms with E-state index in [0.29, 0.717) is 13.2 Å². The van der Waals surface area contributed by atoms with Gasteiger partial charge < -0.3 is 19.9 Å². The number of ether oxygens (including phenoxy) is 3. The molecule has 94 valence electrons. The van der Waals surface area contributed by atoms with Crippen molar-refractivity contribution in [3.8, 4) is 11.5 Å². The Morgan fingerprint density at radius 2 is 1.94 bits per heavy atom. The Hall–Kier alpha value is -1.52. The van der Waals surface area contributed by atoms with Crippen LogP contribution in [-0.2, 0) is 11.3 Å². The second-order valence-electron chi connectivity index (χ2n) is 3.47. The molecule has 0 atom stereocenters. The molecule has 0 aliphatic carbocycles. The summed E-state index contributed by atoms with van der Waals surface area (Å²) in [6, 6.07) is 3.78. The molecule has 4 nitrogen and oxygen atoms in total. The van der Waals surface area contributed by atoms with Gasteiger partial charge >= 0.3 is 0 Å². The molecule has 0 aliphatic rings. The zero-order valence-corrected chi connectivity index (χ0v) is 10.5. The van der Waals surface area contributed by atoms with Crippen LogP contribution in [0.25, 0.3) is 6.08 Å². The predicted octanol–water partition coefficient (Wildman–Crippen LogP) is 1.82. The quantitative estimate of drug-likeness (QED) is 0.820. The summed E-state index contributed by atoms with van der Waals surface area (Å²) in [4.78, 5) is 0. The third kappa shape index (κ3) is 3.47. The van der Waals surface area contributed by atoms with E-state index in [0.717, 1.165) is 22.6 Å². The van der Waals surface area contributed by atoms with Gasteiger partial charge in [0.15, 0.2) is 0 Å². The molecule has 4 heteroatoms. The highest BCUT2D eigenvalue weighted by Crippen LogP contribution is 2.30. The van der Waals surface area contributed by atoms with Crippen molar-refractivity contribution < 1.29 is 14.2 Å². The SMILES string of the molecule is COCc1cc(OC)cc(OC)c1/C=C/CN. The maximum Gasteiger partial charge on any atom is 0.130 e. The molecule has 1 rings (SSSR count). The molecular weight excluding hydrogens is 218 g/mol.